The summed E-state index contributed by atoms with van der Waals surface area (Å²) in [4.78, 5) is 0. The highest BCUT2D eigenvalue weighted by atomic mass is 19.1. The van der Waals surface area contributed by atoms with E-state index in [0.717, 1.165) is 0 Å². The van der Waals surface area contributed by atoms with Crippen LogP contribution in [0.1, 0.15) is 11.1 Å². The van der Waals surface area contributed by atoms with Crippen molar-refractivity contribution in [3.05, 3.63) is 23.3 Å². The van der Waals surface area contributed by atoms with Crippen LogP contribution in [0.3, 0.4) is 0 Å². The minimum absolute atomic E-state index is 0.166. The Morgan fingerprint density at radius 2 is 1.73 bits per heavy atom. The van der Waals surface area contributed by atoms with Crippen LogP contribution in [0, 0.1) is 11.3 Å². The van der Waals surface area contributed by atoms with Gasteiger partial charge in [-0.2, -0.15) is 5.26 Å². The molecule has 1 rings (SSSR count). The highest BCUT2D eigenvalue weighted by Crippen LogP contribution is 2.31. The minimum atomic E-state index is -0.614. The Labute approximate surface area is 88.0 Å². The number of hydrogen-bond donors (Lipinski definition) is 0. The molecule has 1 aromatic carbocycles. The second kappa shape index (κ2) is 5.20. The zero-order valence-electron chi connectivity index (χ0n) is 8.71. The van der Waals surface area contributed by atoms with Crippen LogP contribution in [0.25, 0.3) is 0 Å². The molecular weight excluding hydrogens is 197 g/mol. The topological polar surface area (TPSA) is 42.2 Å². The highest BCUT2D eigenvalue weighted by molar-refractivity contribution is 5.48. The van der Waals surface area contributed by atoms with Crippen molar-refractivity contribution in [1.82, 2.24) is 0 Å². The second-order valence-electron chi connectivity index (χ2n) is 2.94. The molecule has 3 nitrogen and oxygen atoms in total. The summed E-state index contributed by atoms with van der Waals surface area (Å²) < 4.78 is 22.8. The summed E-state index contributed by atoms with van der Waals surface area (Å²) in [5.41, 5.74) is 1.10. The van der Waals surface area contributed by atoms with E-state index in [9.17, 15) is 4.39 Å². The van der Waals surface area contributed by atoms with Crippen LogP contribution in [-0.4, -0.2) is 14.2 Å². The predicted octanol–water partition coefficient (Wildman–Crippen LogP) is 2.24. The third kappa shape index (κ3) is 2.38. The zero-order chi connectivity index (χ0) is 11.3. The van der Waals surface area contributed by atoms with Gasteiger partial charge in [-0.05, 0) is 23.3 Å². The number of nitriles is 1. The molecule has 0 saturated carbocycles. The molecule has 0 radical (unpaired) electrons. The van der Waals surface area contributed by atoms with E-state index in [-0.39, 0.29) is 6.42 Å². The van der Waals surface area contributed by atoms with Crippen molar-refractivity contribution >= 4 is 0 Å². The summed E-state index contributed by atoms with van der Waals surface area (Å²) in [7, 11) is 2.99. The number of methoxy groups -OCH3 is 2. The van der Waals surface area contributed by atoms with Crippen molar-refractivity contribution in [3.8, 4) is 17.6 Å². The monoisotopic (exact) mass is 209 g/mol. The van der Waals surface area contributed by atoms with E-state index < -0.39 is 6.67 Å². The van der Waals surface area contributed by atoms with E-state index in [4.69, 9.17) is 14.7 Å². The van der Waals surface area contributed by atoms with E-state index in [0.29, 0.717) is 22.6 Å². The molecule has 0 N–H and O–H groups in total. The Kier molecular flexibility index (Phi) is 3.92. The molecule has 0 aliphatic carbocycles. The van der Waals surface area contributed by atoms with Gasteiger partial charge in [0, 0.05) is 0 Å². The second-order valence-corrected chi connectivity index (χ2v) is 2.94. The van der Waals surface area contributed by atoms with Gasteiger partial charge in [-0.25, -0.2) is 4.39 Å². The van der Waals surface area contributed by atoms with Crippen LogP contribution < -0.4 is 9.47 Å². The molecule has 0 saturated heterocycles. The van der Waals surface area contributed by atoms with Gasteiger partial charge in [-0.3, -0.25) is 0 Å². The Morgan fingerprint density at radius 1 is 1.20 bits per heavy atom. The zero-order valence-corrected chi connectivity index (χ0v) is 8.71. The van der Waals surface area contributed by atoms with Gasteiger partial charge in [0.05, 0.1) is 26.7 Å². The van der Waals surface area contributed by atoms with Crippen LogP contribution in [-0.2, 0) is 13.1 Å². The van der Waals surface area contributed by atoms with Crippen molar-refractivity contribution in [3.63, 3.8) is 0 Å². The van der Waals surface area contributed by atoms with Gasteiger partial charge in [-0.1, -0.05) is 0 Å². The smallest absolute Gasteiger partial charge is 0.161 e. The average molecular weight is 209 g/mol. The van der Waals surface area contributed by atoms with Gasteiger partial charge < -0.3 is 9.47 Å². The fourth-order valence-corrected chi connectivity index (χ4v) is 1.34. The van der Waals surface area contributed by atoms with E-state index in [1.54, 1.807) is 12.1 Å². The summed E-state index contributed by atoms with van der Waals surface area (Å²) in [6, 6.07) is 5.18. The predicted molar refractivity (Wildman–Crippen MR) is 53.7 cm³/mol. The molecular formula is C11H12FNO2. The van der Waals surface area contributed by atoms with Crippen molar-refractivity contribution in [2.24, 2.45) is 0 Å². The van der Waals surface area contributed by atoms with Crippen molar-refractivity contribution in [2.75, 3.05) is 14.2 Å². The van der Waals surface area contributed by atoms with Gasteiger partial charge in [-0.15, -0.1) is 0 Å². The number of benzene rings is 1. The summed E-state index contributed by atoms with van der Waals surface area (Å²) in [6.45, 7) is -0.614. The number of alkyl halides is 1. The summed E-state index contributed by atoms with van der Waals surface area (Å²) in [6.07, 6.45) is 0.166. The number of ether oxygens (including phenoxy) is 2. The van der Waals surface area contributed by atoms with Crippen LogP contribution in [0.5, 0.6) is 11.5 Å². The third-order valence-corrected chi connectivity index (χ3v) is 2.12. The summed E-state index contributed by atoms with van der Waals surface area (Å²) in [5.74, 6) is 0.992. The highest BCUT2D eigenvalue weighted by Gasteiger charge is 2.10. The maximum atomic E-state index is 12.7. The lowest BCUT2D eigenvalue weighted by atomic mass is 10.0. The standard InChI is InChI=1S/C11H12FNO2/c1-14-10-5-8(3-4-13)9(7-12)6-11(10)15-2/h5-6H,3,7H2,1-2H3. The first-order valence-electron chi connectivity index (χ1n) is 4.43. The van der Waals surface area contributed by atoms with Crippen LogP contribution in [0.2, 0.25) is 0 Å². The number of rotatable bonds is 4. The molecule has 0 aliphatic heterocycles. The average Bonchev–Trinajstić information content (AvgIpc) is 2.28. The molecule has 4 heteroatoms. The molecule has 0 unspecified atom stereocenters. The van der Waals surface area contributed by atoms with Crippen LogP contribution >= 0.6 is 0 Å². The van der Waals surface area contributed by atoms with E-state index in [1.807, 2.05) is 6.07 Å². The first-order valence-corrected chi connectivity index (χ1v) is 4.43. The molecule has 0 spiro atoms. The van der Waals surface area contributed by atoms with Gasteiger partial charge >= 0.3 is 0 Å². The Balaban J connectivity index is 3.22. The molecule has 0 fully saturated rings. The van der Waals surface area contributed by atoms with Crippen molar-refractivity contribution < 1.29 is 13.9 Å². The Bertz CT molecular complexity index is 385. The molecule has 1 aromatic rings. The molecule has 0 bridgehead atoms. The maximum Gasteiger partial charge on any atom is 0.161 e. The van der Waals surface area contributed by atoms with Crippen molar-refractivity contribution in [2.45, 2.75) is 13.1 Å². The van der Waals surface area contributed by atoms with Crippen molar-refractivity contribution in [1.29, 1.82) is 5.26 Å². The largest absolute Gasteiger partial charge is 0.493 e. The third-order valence-electron chi connectivity index (χ3n) is 2.12. The molecule has 0 atom stereocenters. The molecule has 80 valence electrons. The number of nitrogens with zero attached hydrogens (tertiary/aromatic N) is 1. The van der Waals surface area contributed by atoms with E-state index in [1.165, 1.54) is 14.2 Å². The molecule has 0 aliphatic rings. The van der Waals surface area contributed by atoms with Gasteiger partial charge in [0.15, 0.2) is 11.5 Å². The lowest BCUT2D eigenvalue weighted by Crippen LogP contribution is -1.97. The normalized spacial score (nSPS) is 9.47. The fraction of sp³-hybridized carbons (Fsp3) is 0.364. The number of halogens is 1. The van der Waals surface area contributed by atoms with Gasteiger partial charge in [0.2, 0.25) is 0 Å². The molecule has 0 amide bonds. The van der Waals surface area contributed by atoms with Crippen LogP contribution in [0.4, 0.5) is 4.39 Å². The lowest BCUT2D eigenvalue weighted by Gasteiger charge is -2.11. The first kappa shape index (κ1) is 11.3. The number of hydrogen-bond acceptors (Lipinski definition) is 3. The SMILES string of the molecule is COc1cc(CF)c(CC#N)cc1OC. The fourth-order valence-electron chi connectivity index (χ4n) is 1.34. The summed E-state index contributed by atoms with van der Waals surface area (Å²) >= 11 is 0. The van der Waals surface area contributed by atoms with E-state index >= 15 is 0 Å². The first-order chi connectivity index (χ1) is 7.26. The lowest BCUT2D eigenvalue weighted by molar-refractivity contribution is 0.353. The molecule has 0 aromatic heterocycles. The Hall–Kier alpha value is -1.76. The van der Waals surface area contributed by atoms with E-state index in [2.05, 4.69) is 0 Å². The van der Waals surface area contributed by atoms with Gasteiger partial charge in [0.1, 0.15) is 6.67 Å². The van der Waals surface area contributed by atoms with Gasteiger partial charge in [0.25, 0.3) is 0 Å². The molecule has 15 heavy (non-hydrogen) atoms. The summed E-state index contributed by atoms with van der Waals surface area (Å²) in [5, 5.41) is 8.59. The van der Waals surface area contributed by atoms with Crippen LogP contribution in [0.15, 0.2) is 12.1 Å². The Morgan fingerprint density at radius 3 is 2.13 bits per heavy atom. The minimum Gasteiger partial charge on any atom is -0.493 e. The quantitative estimate of drug-likeness (QED) is 0.763. The molecule has 0 heterocycles. The maximum absolute atomic E-state index is 12.7.